The molecule has 0 bridgehead atoms. The molecule has 0 aliphatic carbocycles. The zero-order valence-electron chi connectivity index (χ0n) is 13.1. The molecule has 1 aliphatic heterocycles. The third-order valence-corrected chi connectivity index (χ3v) is 4.57. The number of aliphatic hydroxyl groups is 1. The van der Waals surface area contributed by atoms with E-state index in [0.29, 0.717) is 13.1 Å². The quantitative estimate of drug-likeness (QED) is 0.774. The van der Waals surface area contributed by atoms with E-state index in [1.807, 2.05) is 26.0 Å². The van der Waals surface area contributed by atoms with Crippen molar-refractivity contribution in [2.24, 2.45) is 5.73 Å². The van der Waals surface area contributed by atoms with Gasteiger partial charge in [-0.2, -0.15) is 0 Å². The lowest BCUT2D eigenvalue weighted by Crippen LogP contribution is -2.50. The van der Waals surface area contributed by atoms with Crippen LogP contribution in [-0.2, 0) is 6.54 Å². The Hall–Kier alpha value is -1.69. The molecule has 118 valence electrons. The molecule has 5 nitrogen and oxygen atoms in total. The fraction of sp³-hybridized carbons (Fsp3) is 0.471. The molecular weight excluding hydrogens is 278 g/mol. The van der Waals surface area contributed by atoms with Crippen molar-refractivity contribution in [2.45, 2.75) is 39.0 Å². The Labute approximate surface area is 129 Å². The summed E-state index contributed by atoms with van der Waals surface area (Å²) in [5.74, 6) is 0. The third-order valence-electron chi connectivity index (χ3n) is 4.57. The van der Waals surface area contributed by atoms with E-state index in [9.17, 15) is 9.90 Å². The number of nitrogens with one attached hydrogen (secondary N) is 1. The van der Waals surface area contributed by atoms with E-state index in [-0.39, 0.29) is 11.5 Å². The van der Waals surface area contributed by atoms with Crippen molar-refractivity contribution in [3.05, 3.63) is 45.2 Å². The van der Waals surface area contributed by atoms with Gasteiger partial charge in [0.15, 0.2) is 5.43 Å². The Morgan fingerprint density at radius 1 is 1.36 bits per heavy atom. The van der Waals surface area contributed by atoms with Crippen LogP contribution in [0.5, 0.6) is 0 Å². The number of aliphatic hydroxyl groups excluding tert-OH is 1. The second-order valence-electron chi connectivity index (χ2n) is 6.36. The van der Waals surface area contributed by atoms with E-state index in [1.54, 1.807) is 6.07 Å². The molecule has 0 spiro atoms. The summed E-state index contributed by atoms with van der Waals surface area (Å²) in [6, 6.07) is 5.54. The molecule has 1 fully saturated rings. The summed E-state index contributed by atoms with van der Waals surface area (Å²) in [5, 5.41) is 10.7. The largest absolute Gasteiger partial charge is 0.390 e. The summed E-state index contributed by atoms with van der Waals surface area (Å²) in [6.07, 6.45) is 0.279. The van der Waals surface area contributed by atoms with Gasteiger partial charge in [-0.05, 0) is 31.4 Å². The van der Waals surface area contributed by atoms with Gasteiger partial charge in [-0.15, -0.1) is 0 Å². The molecule has 1 aliphatic rings. The summed E-state index contributed by atoms with van der Waals surface area (Å²) in [4.78, 5) is 18.0. The molecule has 0 amide bonds. The maximum absolute atomic E-state index is 12.4. The van der Waals surface area contributed by atoms with Crippen molar-refractivity contribution >= 4 is 10.9 Å². The zero-order valence-corrected chi connectivity index (χ0v) is 13.1. The lowest BCUT2D eigenvalue weighted by Gasteiger charge is -2.33. The Morgan fingerprint density at radius 3 is 2.82 bits per heavy atom. The molecule has 4 N–H and O–H groups in total. The van der Waals surface area contributed by atoms with Gasteiger partial charge < -0.3 is 15.8 Å². The SMILES string of the molecule is Cc1ccc(C)c2c(=O)cc(CN3CCC(N)C(O)C3)[nH]c12. The van der Waals surface area contributed by atoms with Gasteiger partial charge in [-0.3, -0.25) is 9.69 Å². The molecule has 1 aromatic carbocycles. The maximum atomic E-state index is 12.4. The van der Waals surface area contributed by atoms with Crippen LogP contribution in [0.3, 0.4) is 0 Å². The summed E-state index contributed by atoms with van der Waals surface area (Å²) < 4.78 is 0. The molecule has 2 aromatic rings. The van der Waals surface area contributed by atoms with Crippen molar-refractivity contribution in [2.75, 3.05) is 13.1 Å². The van der Waals surface area contributed by atoms with Gasteiger partial charge in [-0.25, -0.2) is 0 Å². The number of aryl methyl sites for hydroxylation is 2. The van der Waals surface area contributed by atoms with Crippen LogP contribution < -0.4 is 11.2 Å². The maximum Gasteiger partial charge on any atom is 0.189 e. The van der Waals surface area contributed by atoms with Gasteiger partial charge in [0.05, 0.1) is 11.6 Å². The highest BCUT2D eigenvalue weighted by molar-refractivity contribution is 5.84. The van der Waals surface area contributed by atoms with E-state index >= 15 is 0 Å². The van der Waals surface area contributed by atoms with Gasteiger partial charge in [-0.1, -0.05) is 12.1 Å². The topological polar surface area (TPSA) is 82.3 Å². The molecule has 1 aromatic heterocycles. The average Bonchev–Trinajstić information content (AvgIpc) is 2.46. The molecular formula is C17H23N3O2. The summed E-state index contributed by atoms with van der Waals surface area (Å²) in [5.41, 5.74) is 9.75. The lowest BCUT2D eigenvalue weighted by atomic mass is 10.0. The van der Waals surface area contributed by atoms with E-state index in [1.165, 1.54) is 0 Å². The number of fused-ring (bicyclic) bond motifs is 1. The number of hydrogen-bond donors (Lipinski definition) is 3. The fourth-order valence-electron chi connectivity index (χ4n) is 3.20. The molecule has 2 heterocycles. The molecule has 3 rings (SSSR count). The third kappa shape index (κ3) is 2.79. The van der Waals surface area contributed by atoms with Gasteiger partial charge >= 0.3 is 0 Å². The minimum atomic E-state index is -0.495. The number of rotatable bonds is 2. The van der Waals surface area contributed by atoms with Crippen LogP contribution >= 0.6 is 0 Å². The number of pyridine rings is 1. The monoisotopic (exact) mass is 301 g/mol. The molecule has 2 unspecified atom stereocenters. The normalized spacial score (nSPS) is 23.1. The minimum absolute atomic E-state index is 0.0548. The van der Waals surface area contributed by atoms with Gasteiger partial charge in [0.1, 0.15) is 0 Å². The van der Waals surface area contributed by atoms with Crippen LogP contribution in [0.2, 0.25) is 0 Å². The predicted molar refractivity (Wildman–Crippen MR) is 87.9 cm³/mol. The molecule has 22 heavy (non-hydrogen) atoms. The summed E-state index contributed by atoms with van der Waals surface area (Å²) >= 11 is 0. The highest BCUT2D eigenvalue weighted by Crippen LogP contribution is 2.19. The van der Waals surface area contributed by atoms with Crippen molar-refractivity contribution < 1.29 is 5.11 Å². The number of H-pyrrole nitrogens is 1. The number of nitrogens with zero attached hydrogens (tertiary/aromatic N) is 1. The van der Waals surface area contributed by atoms with Crippen LogP contribution in [0.15, 0.2) is 23.0 Å². The second kappa shape index (κ2) is 5.83. The first-order valence-electron chi connectivity index (χ1n) is 7.74. The molecule has 1 saturated heterocycles. The van der Waals surface area contributed by atoms with Crippen LogP contribution in [0.25, 0.3) is 10.9 Å². The highest BCUT2D eigenvalue weighted by Gasteiger charge is 2.24. The van der Waals surface area contributed by atoms with E-state index < -0.39 is 6.10 Å². The van der Waals surface area contributed by atoms with Crippen LogP contribution in [-0.4, -0.2) is 40.2 Å². The Bertz CT molecular complexity index is 753. The number of aromatic nitrogens is 1. The number of benzene rings is 1. The first kappa shape index (κ1) is 15.2. The smallest absolute Gasteiger partial charge is 0.189 e. The first-order valence-corrected chi connectivity index (χ1v) is 7.74. The average molecular weight is 301 g/mol. The van der Waals surface area contributed by atoms with E-state index in [2.05, 4.69) is 9.88 Å². The summed E-state index contributed by atoms with van der Waals surface area (Å²) in [7, 11) is 0. The minimum Gasteiger partial charge on any atom is -0.390 e. The number of β-amino-alcohol motifs (C(OH)–C–C–N with tert-alkyl or cyclic N) is 1. The first-order chi connectivity index (χ1) is 10.5. The number of nitrogens with two attached hydrogens (primary N) is 1. The summed E-state index contributed by atoms with van der Waals surface area (Å²) in [6.45, 7) is 5.98. The Kier molecular flexibility index (Phi) is 4.04. The van der Waals surface area contributed by atoms with Gasteiger partial charge in [0.25, 0.3) is 0 Å². The Balaban J connectivity index is 1.92. The van der Waals surface area contributed by atoms with Crippen LogP contribution in [0.4, 0.5) is 0 Å². The number of likely N-dealkylation sites (tertiary alicyclic amines) is 1. The van der Waals surface area contributed by atoms with Crippen molar-refractivity contribution in [1.29, 1.82) is 0 Å². The number of aromatic amines is 1. The fourth-order valence-corrected chi connectivity index (χ4v) is 3.20. The Morgan fingerprint density at radius 2 is 2.09 bits per heavy atom. The molecule has 2 atom stereocenters. The molecule has 0 saturated carbocycles. The number of piperidine rings is 1. The van der Waals surface area contributed by atoms with Crippen molar-refractivity contribution in [3.8, 4) is 0 Å². The zero-order chi connectivity index (χ0) is 15.9. The van der Waals surface area contributed by atoms with Crippen LogP contribution in [0.1, 0.15) is 23.2 Å². The van der Waals surface area contributed by atoms with Gasteiger partial charge in [0.2, 0.25) is 0 Å². The van der Waals surface area contributed by atoms with Crippen molar-refractivity contribution in [1.82, 2.24) is 9.88 Å². The van der Waals surface area contributed by atoms with Crippen molar-refractivity contribution in [3.63, 3.8) is 0 Å². The molecule has 0 radical (unpaired) electrons. The van der Waals surface area contributed by atoms with E-state index in [4.69, 9.17) is 5.73 Å². The standard InChI is InChI=1S/C17H23N3O2/c1-10-3-4-11(2)17-16(10)14(21)7-12(19-17)8-20-6-5-13(18)15(22)9-20/h3-4,7,13,15,22H,5-6,8-9,18H2,1-2H3,(H,19,21). The molecule has 5 heteroatoms. The van der Waals surface area contributed by atoms with Gasteiger partial charge in [0, 0.05) is 42.8 Å². The number of hydrogen-bond acceptors (Lipinski definition) is 4. The lowest BCUT2D eigenvalue weighted by molar-refractivity contribution is 0.0494. The predicted octanol–water partition coefficient (Wildman–Crippen LogP) is 1.04. The highest BCUT2D eigenvalue weighted by atomic mass is 16.3. The van der Waals surface area contributed by atoms with Crippen LogP contribution in [0, 0.1) is 13.8 Å². The second-order valence-corrected chi connectivity index (χ2v) is 6.36. The van der Waals surface area contributed by atoms with E-state index in [0.717, 1.165) is 40.7 Å².